The molecule has 2 aromatic heterocycles. The highest BCUT2D eigenvalue weighted by Crippen LogP contribution is 2.26. The quantitative estimate of drug-likeness (QED) is 0.805. The molecule has 0 amide bonds. The van der Waals surface area contributed by atoms with E-state index in [0.717, 1.165) is 0 Å². The number of benzene rings is 1. The van der Waals surface area contributed by atoms with E-state index in [1.807, 2.05) is 0 Å². The molecule has 0 aliphatic carbocycles. The molecule has 22 heavy (non-hydrogen) atoms. The van der Waals surface area contributed by atoms with Gasteiger partial charge in [0, 0.05) is 12.7 Å². The number of hydrogen-bond donors (Lipinski definition) is 1. The molecule has 9 heteroatoms. The number of fused-ring (bicyclic) bond motifs is 1. The van der Waals surface area contributed by atoms with Crippen LogP contribution in [0.25, 0.3) is 11.0 Å². The van der Waals surface area contributed by atoms with Gasteiger partial charge in [0.1, 0.15) is 23.1 Å². The number of ether oxygens (including phenoxy) is 1. The van der Waals surface area contributed by atoms with Crippen molar-refractivity contribution < 1.29 is 17.9 Å². The summed E-state index contributed by atoms with van der Waals surface area (Å²) in [6.45, 7) is 0. The van der Waals surface area contributed by atoms with Gasteiger partial charge >= 0.3 is 6.36 Å². The molecule has 1 N–H and O–H groups in total. The molecule has 0 bridgehead atoms. The molecule has 0 saturated heterocycles. The van der Waals surface area contributed by atoms with Gasteiger partial charge in [-0.05, 0) is 24.3 Å². The van der Waals surface area contributed by atoms with Crippen LogP contribution in [0.1, 0.15) is 0 Å². The van der Waals surface area contributed by atoms with Crippen molar-refractivity contribution in [1.29, 1.82) is 0 Å². The molecular weight excluding hydrogens is 299 g/mol. The van der Waals surface area contributed by atoms with Gasteiger partial charge in [0.2, 0.25) is 0 Å². The summed E-state index contributed by atoms with van der Waals surface area (Å²) < 4.78 is 41.7. The second-order valence-corrected chi connectivity index (χ2v) is 4.42. The van der Waals surface area contributed by atoms with E-state index >= 15 is 0 Å². The highest BCUT2D eigenvalue weighted by molar-refractivity contribution is 5.87. The molecule has 0 aliphatic rings. The molecule has 1 aromatic carbocycles. The summed E-state index contributed by atoms with van der Waals surface area (Å²) in [4.78, 5) is 8.20. The van der Waals surface area contributed by atoms with Gasteiger partial charge in [-0.3, -0.25) is 4.68 Å². The van der Waals surface area contributed by atoms with Crippen molar-refractivity contribution in [1.82, 2.24) is 19.7 Å². The Morgan fingerprint density at radius 2 is 1.86 bits per heavy atom. The lowest BCUT2D eigenvalue weighted by Crippen LogP contribution is -2.16. The van der Waals surface area contributed by atoms with Crippen LogP contribution in [0.5, 0.6) is 5.75 Å². The Labute approximate surface area is 122 Å². The smallest absolute Gasteiger partial charge is 0.406 e. The first-order chi connectivity index (χ1) is 10.4. The van der Waals surface area contributed by atoms with Gasteiger partial charge in [0.05, 0.1) is 6.20 Å². The fourth-order valence-corrected chi connectivity index (χ4v) is 1.97. The number of nitrogens with zero attached hydrogens (tertiary/aromatic N) is 4. The molecule has 0 unspecified atom stereocenters. The lowest BCUT2D eigenvalue weighted by atomic mass is 10.3. The number of alkyl halides is 3. The Morgan fingerprint density at radius 1 is 1.14 bits per heavy atom. The number of aromatic nitrogens is 4. The van der Waals surface area contributed by atoms with Gasteiger partial charge in [-0.2, -0.15) is 5.10 Å². The molecule has 0 spiro atoms. The Hall–Kier alpha value is -2.84. The Kier molecular flexibility index (Phi) is 3.32. The molecule has 0 saturated carbocycles. The van der Waals surface area contributed by atoms with Crippen LogP contribution < -0.4 is 10.1 Å². The Bertz CT molecular complexity index is 798. The van der Waals surface area contributed by atoms with E-state index in [9.17, 15) is 13.2 Å². The predicted octanol–water partition coefficient (Wildman–Crippen LogP) is 3.01. The zero-order chi connectivity index (χ0) is 15.7. The van der Waals surface area contributed by atoms with Crippen molar-refractivity contribution in [2.75, 3.05) is 5.32 Å². The Balaban J connectivity index is 1.85. The van der Waals surface area contributed by atoms with Crippen LogP contribution in [-0.4, -0.2) is 26.1 Å². The maximum absolute atomic E-state index is 12.1. The Morgan fingerprint density at radius 3 is 2.55 bits per heavy atom. The third-order valence-electron chi connectivity index (χ3n) is 2.88. The molecule has 3 aromatic rings. The normalized spacial score (nSPS) is 11.6. The van der Waals surface area contributed by atoms with Gasteiger partial charge in [-0.1, -0.05) is 0 Å². The van der Waals surface area contributed by atoms with E-state index in [2.05, 4.69) is 25.1 Å². The monoisotopic (exact) mass is 309 g/mol. The van der Waals surface area contributed by atoms with Crippen molar-refractivity contribution in [3.8, 4) is 5.75 Å². The second-order valence-electron chi connectivity index (χ2n) is 4.42. The van der Waals surface area contributed by atoms with E-state index in [1.54, 1.807) is 17.9 Å². The largest absolute Gasteiger partial charge is 0.573 e. The molecule has 3 rings (SSSR count). The zero-order valence-electron chi connectivity index (χ0n) is 11.3. The fraction of sp³-hybridized carbons (Fsp3) is 0.154. The lowest BCUT2D eigenvalue weighted by molar-refractivity contribution is -0.274. The van der Waals surface area contributed by atoms with Gasteiger partial charge in [-0.15, -0.1) is 13.2 Å². The summed E-state index contributed by atoms with van der Waals surface area (Å²) in [5.74, 6) is 0.223. The molecule has 0 aliphatic heterocycles. The van der Waals surface area contributed by atoms with E-state index < -0.39 is 6.36 Å². The van der Waals surface area contributed by atoms with Gasteiger partial charge in [0.25, 0.3) is 0 Å². The first-order valence-corrected chi connectivity index (χ1v) is 6.18. The van der Waals surface area contributed by atoms with Gasteiger partial charge in [0.15, 0.2) is 5.82 Å². The van der Waals surface area contributed by atoms with E-state index in [-0.39, 0.29) is 5.75 Å². The topological polar surface area (TPSA) is 64.9 Å². The number of halogens is 3. The van der Waals surface area contributed by atoms with E-state index in [4.69, 9.17) is 0 Å². The summed E-state index contributed by atoms with van der Waals surface area (Å²) in [7, 11) is 1.75. The first kappa shape index (κ1) is 14.1. The van der Waals surface area contributed by atoms with Crippen molar-refractivity contribution in [2.24, 2.45) is 7.05 Å². The fourth-order valence-electron chi connectivity index (χ4n) is 1.97. The summed E-state index contributed by atoms with van der Waals surface area (Å²) in [6.07, 6.45) is -1.72. The maximum atomic E-state index is 12.1. The molecule has 0 radical (unpaired) electrons. The average Bonchev–Trinajstić information content (AvgIpc) is 2.82. The van der Waals surface area contributed by atoms with Crippen LogP contribution in [0.4, 0.5) is 24.7 Å². The van der Waals surface area contributed by atoms with Crippen LogP contribution in [-0.2, 0) is 7.05 Å². The number of aryl methyl sites for hydroxylation is 1. The second kappa shape index (κ2) is 5.17. The summed E-state index contributed by atoms with van der Waals surface area (Å²) in [5, 5.41) is 7.10. The van der Waals surface area contributed by atoms with Crippen LogP contribution in [0.3, 0.4) is 0 Å². The maximum Gasteiger partial charge on any atom is 0.573 e. The minimum Gasteiger partial charge on any atom is -0.406 e. The van der Waals surface area contributed by atoms with Crippen molar-refractivity contribution in [3.05, 3.63) is 36.8 Å². The SMILES string of the molecule is Cn1ncc2ncnc(Nc3ccc(OC(F)(F)F)cc3)c21. The number of rotatable bonds is 3. The molecule has 0 atom stereocenters. The van der Waals surface area contributed by atoms with Crippen molar-refractivity contribution in [2.45, 2.75) is 6.36 Å². The van der Waals surface area contributed by atoms with Gasteiger partial charge < -0.3 is 10.1 Å². The third-order valence-corrected chi connectivity index (χ3v) is 2.88. The van der Waals surface area contributed by atoms with E-state index in [0.29, 0.717) is 22.5 Å². The number of nitrogens with one attached hydrogen (secondary N) is 1. The standard InChI is InChI=1S/C13H10F3N5O/c1-21-11-10(6-19-21)17-7-18-12(11)20-8-2-4-9(5-3-8)22-13(14,15)16/h2-7H,1H3,(H,17,18,20). The van der Waals surface area contributed by atoms with Crippen LogP contribution >= 0.6 is 0 Å². The van der Waals surface area contributed by atoms with Crippen LogP contribution in [0.15, 0.2) is 36.8 Å². The van der Waals surface area contributed by atoms with Gasteiger partial charge in [-0.25, -0.2) is 9.97 Å². The minimum absolute atomic E-state index is 0.286. The molecule has 0 fully saturated rings. The summed E-state index contributed by atoms with van der Waals surface area (Å²) in [5.41, 5.74) is 1.92. The van der Waals surface area contributed by atoms with Crippen LogP contribution in [0, 0.1) is 0 Å². The minimum atomic E-state index is -4.71. The number of hydrogen-bond acceptors (Lipinski definition) is 5. The highest BCUT2D eigenvalue weighted by atomic mass is 19.4. The molecule has 114 valence electrons. The summed E-state index contributed by atoms with van der Waals surface area (Å²) >= 11 is 0. The van der Waals surface area contributed by atoms with Crippen molar-refractivity contribution >= 4 is 22.5 Å². The highest BCUT2D eigenvalue weighted by Gasteiger charge is 2.30. The molecule has 2 heterocycles. The zero-order valence-corrected chi connectivity index (χ0v) is 11.3. The van der Waals surface area contributed by atoms with E-state index in [1.165, 1.54) is 30.6 Å². The first-order valence-electron chi connectivity index (χ1n) is 6.18. The molecular formula is C13H10F3N5O. The van der Waals surface area contributed by atoms with Crippen molar-refractivity contribution in [3.63, 3.8) is 0 Å². The molecule has 6 nitrogen and oxygen atoms in total. The summed E-state index contributed by atoms with van der Waals surface area (Å²) in [6, 6.07) is 5.37. The van der Waals surface area contributed by atoms with Crippen LogP contribution in [0.2, 0.25) is 0 Å². The number of anilines is 2. The average molecular weight is 309 g/mol. The lowest BCUT2D eigenvalue weighted by Gasteiger charge is -2.10. The third kappa shape index (κ3) is 2.92. The predicted molar refractivity (Wildman–Crippen MR) is 72.7 cm³/mol.